The number of rotatable bonds is 6. The molecule has 0 bridgehead atoms. The molecule has 1 atom stereocenters. The van der Waals surface area contributed by atoms with Gasteiger partial charge in [0, 0.05) is 24.4 Å². The third kappa shape index (κ3) is 4.18. The maximum absolute atomic E-state index is 11.6. The topological polar surface area (TPSA) is 64.6 Å². The lowest BCUT2D eigenvalue weighted by Gasteiger charge is -2.22. The van der Waals surface area contributed by atoms with Crippen LogP contribution in [-0.4, -0.2) is 40.7 Å². The molecule has 0 radical (unpaired) electrons. The Hall–Kier alpha value is -1.27. The van der Waals surface area contributed by atoms with Gasteiger partial charge >= 0.3 is 0 Å². The van der Waals surface area contributed by atoms with E-state index < -0.39 is 9.84 Å². The van der Waals surface area contributed by atoms with Gasteiger partial charge in [-0.05, 0) is 49.3 Å². The van der Waals surface area contributed by atoms with E-state index in [1.165, 1.54) is 6.26 Å². The van der Waals surface area contributed by atoms with E-state index in [4.69, 9.17) is 9.47 Å². The molecule has 1 unspecified atom stereocenters. The zero-order chi connectivity index (χ0) is 16.5. The second kappa shape index (κ2) is 6.32. The Balaban J connectivity index is 1.73. The maximum Gasteiger partial charge on any atom is 0.148 e. The molecule has 23 heavy (non-hydrogen) atoms. The van der Waals surface area contributed by atoms with Gasteiger partial charge in [0.05, 0.1) is 19.5 Å². The Bertz CT molecular complexity index is 667. The van der Waals surface area contributed by atoms with Gasteiger partial charge in [0.25, 0.3) is 0 Å². The highest BCUT2D eigenvalue weighted by atomic mass is 32.2. The number of ether oxygens (including phenoxy) is 2. The summed E-state index contributed by atoms with van der Waals surface area (Å²) in [5.41, 5.74) is 1.04. The van der Waals surface area contributed by atoms with Crippen molar-refractivity contribution in [1.29, 1.82) is 0 Å². The summed E-state index contributed by atoms with van der Waals surface area (Å²) in [4.78, 5) is 0. The predicted molar refractivity (Wildman–Crippen MR) is 89.8 cm³/mol. The lowest BCUT2D eigenvalue weighted by molar-refractivity contribution is 0.314. The van der Waals surface area contributed by atoms with Gasteiger partial charge in [0.2, 0.25) is 0 Å². The van der Waals surface area contributed by atoms with Crippen molar-refractivity contribution >= 4 is 9.84 Å². The van der Waals surface area contributed by atoms with Gasteiger partial charge in [0.1, 0.15) is 21.3 Å². The molecule has 1 fully saturated rings. The van der Waals surface area contributed by atoms with Crippen molar-refractivity contribution in [3.8, 4) is 11.5 Å². The van der Waals surface area contributed by atoms with Gasteiger partial charge in [-0.2, -0.15) is 0 Å². The summed E-state index contributed by atoms with van der Waals surface area (Å²) in [6.07, 6.45) is 5.26. The van der Waals surface area contributed by atoms with Crippen LogP contribution in [0.25, 0.3) is 0 Å². The molecule has 5 nitrogen and oxygen atoms in total. The number of methoxy groups -OCH3 is 1. The smallest absolute Gasteiger partial charge is 0.148 e. The average molecular weight is 339 g/mol. The lowest BCUT2D eigenvalue weighted by atomic mass is 10.0. The van der Waals surface area contributed by atoms with Crippen LogP contribution in [0.15, 0.2) is 18.2 Å². The molecule has 1 saturated carbocycles. The molecule has 1 heterocycles. The summed E-state index contributed by atoms with van der Waals surface area (Å²) in [5, 5.41) is 3.59. The van der Waals surface area contributed by atoms with E-state index in [-0.39, 0.29) is 17.2 Å². The van der Waals surface area contributed by atoms with E-state index >= 15 is 0 Å². The quantitative estimate of drug-likeness (QED) is 0.862. The Morgan fingerprint density at radius 3 is 2.83 bits per heavy atom. The summed E-state index contributed by atoms with van der Waals surface area (Å²) >= 11 is 0. The molecule has 1 aromatic rings. The Kier molecular flexibility index (Phi) is 4.56. The van der Waals surface area contributed by atoms with Crippen LogP contribution in [0.1, 0.15) is 37.3 Å². The second-order valence-corrected chi connectivity index (χ2v) is 9.04. The van der Waals surface area contributed by atoms with Gasteiger partial charge < -0.3 is 14.8 Å². The first kappa shape index (κ1) is 16.6. The molecule has 6 heteroatoms. The fraction of sp³-hybridized carbons (Fsp3) is 0.647. The van der Waals surface area contributed by atoms with E-state index in [0.29, 0.717) is 6.61 Å². The van der Waals surface area contributed by atoms with Crippen LogP contribution in [0.4, 0.5) is 0 Å². The van der Waals surface area contributed by atoms with E-state index in [9.17, 15) is 8.42 Å². The molecule has 1 aliphatic carbocycles. The molecule has 0 amide bonds. The van der Waals surface area contributed by atoms with Gasteiger partial charge in [-0.3, -0.25) is 0 Å². The number of fused-ring (bicyclic) bond motifs is 1. The normalized spacial score (nSPS) is 22.6. The molecule has 0 saturated heterocycles. The molecule has 0 spiro atoms. The molecule has 2 aliphatic rings. The van der Waals surface area contributed by atoms with E-state index in [1.807, 2.05) is 18.2 Å². The summed E-state index contributed by atoms with van der Waals surface area (Å²) in [6.45, 7) is 1.45. The van der Waals surface area contributed by atoms with Crippen LogP contribution in [-0.2, 0) is 9.84 Å². The SMILES string of the molecule is COc1ccc2c(c1)C(NCC1(CS(C)(=O)=O)CC1)CCCO2. The third-order valence-corrected chi connectivity index (χ3v) is 5.87. The highest BCUT2D eigenvalue weighted by molar-refractivity contribution is 7.90. The van der Waals surface area contributed by atoms with E-state index in [2.05, 4.69) is 5.32 Å². The second-order valence-electron chi connectivity index (χ2n) is 6.90. The molecule has 3 rings (SSSR count). The molecular formula is C17H25NO4S. The Labute approximate surface area is 138 Å². The van der Waals surface area contributed by atoms with Crippen molar-refractivity contribution in [2.24, 2.45) is 5.41 Å². The largest absolute Gasteiger partial charge is 0.497 e. The van der Waals surface area contributed by atoms with Gasteiger partial charge in [-0.1, -0.05) is 0 Å². The standard InChI is InChI=1S/C17H25NO4S/c1-21-13-5-6-16-14(10-13)15(4-3-9-22-16)18-11-17(7-8-17)12-23(2,19)20/h5-6,10,15,18H,3-4,7-9,11-12H2,1-2H3. The first-order valence-corrected chi connectivity index (χ1v) is 10.2. The Morgan fingerprint density at radius 1 is 1.39 bits per heavy atom. The predicted octanol–water partition coefficient (Wildman–Crippen LogP) is 2.32. The van der Waals surface area contributed by atoms with Crippen LogP contribution < -0.4 is 14.8 Å². The van der Waals surface area contributed by atoms with Crippen LogP contribution in [0.3, 0.4) is 0 Å². The molecule has 1 N–H and O–H groups in total. The van der Waals surface area contributed by atoms with Crippen molar-refractivity contribution in [3.63, 3.8) is 0 Å². The summed E-state index contributed by atoms with van der Waals surface area (Å²) in [7, 11) is -1.28. The summed E-state index contributed by atoms with van der Waals surface area (Å²) in [5.74, 6) is 1.99. The minimum atomic E-state index is -2.94. The number of hydrogen-bond acceptors (Lipinski definition) is 5. The van der Waals surface area contributed by atoms with Crippen molar-refractivity contribution in [1.82, 2.24) is 5.32 Å². The summed E-state index contributed by atoms with van der Waals surface area (Å²) in [6, 6.07) is 6.07. The highest BCUT2D eigenvalue weighted by Gasteiger charge is 2.45. The fourth-order valence-electron chi connectivity index (χ4n) is 3.34. The zero-order valence-corrected chi connectivity index (χ0v) is 14.6. The molecule has 1 aromatic carbocycles. The Morgan fingerprint density at radius 2 is 2.17 bits per heavy atom. The van der Waals surface area contributed by atoms with Gasteiger partial charge in [0.15, 0.2) is 0 Å². The van der Waals surface area contributed by atoms with Crippen LogP contribution in [0, 0.1) is 5.41 Å². The van der Waals surface area contributed by atoms with E-state index in [0.717, 1.165) is 49.3 Å². The average Bonchev–Trinajstić information content (AvgIpc) is 3.26. The van der Waals surface area contributed by atoms with Gasteiger partial charge in [-0.25, -0.2) is 8.42 Å². The molecular weight excluding hydrogens is 314 g/mol. The number of hydrogen-bond donors (Lipinski definition) is 1. The van der Waals surface area contributed by atoms with Crippen molar-refractivity contribution in [2.75, 3.05) is 32.3 Å². The highest BCUT2D eigenvalue weighted by Crippen LogP contribution is 2.47. The van der Waals surface area contributed by atoms with Crippen LogP contribution >= 0.6 is 0 Å². The van der Waals surface area contributed by atoms with Crippen molar-refractivity contribution in [2.45, 2.75) is 31.7 Å². The lowest BCUT2D eigenvalue weighted by Crippen LogP contribution is -2.32. The number of nitrogens with one attached hydrogen (secondary N) is 1. The van der Waals surface area contributed by atoms with Crippen LogP contribution in [0.2, 0.25) is 0 Å². The summed E-state index contributed by atoms with van der Waals surface area (Å²) < 4.78 is 34.4. The van der Waals surface area contributed by atoms with Crippen molar-refractivity contribution < 1.29 is 17.9 Å². The molecule has 0 aromatic heterocycles. The molecule has 1 aliphatic heterocycles. The third-order valence-electron chi connectivity index (χ3n) is 4.74. The first-order chi connectivity index (χ1) is 10.9. The zero-order valence-electron chi connectivity index (χ0n) is 13.8. The monoisotopic (exact) mass is 339 g/mol. The van der Waals surface area contributed by atoms with Crippen LogP contribution in [0.5, 0.6) is 11.5 Å². The fourth-order valence-corrected chi connectivity index (χ4v) is 4.84. The maximum atomic E-state index is 11.6. The molecule has 128 valence electrons. The van der Waals surface area contributed by atoms with Gasteiger partial charge in [-0.15, -0.1) is 0 Å². The van der Waals surface area contributed by atoms with Crippen molar-refractivity contribution in [3.05, 3.63) is 23.8 Å². The first-order valence-electron chi connectivity index (χ1n) is 8.13. The number of benzene rings is 1. The minimum Gasteiger partial charge on any atom is -0.497 e. The minimum absolute atomic E-state index is 0.0697. The number of sulfone groups is 1. The van der Waals surface area contributed by atoms with E-state index in [1.54, 1.807) is 7.11 Å².